The Bertz CT molecular complexity index is 1070. The van der Waals surface area contributed by atoms with Crippen molar-refractivity contribution in [2.75, 3.05) is 6.61 Å². The lowest BCUT2D eigenvalue weighted by Gasteiger charge is -2.09. The van der Waals surface area contributed by atoms with Crippen molar-refractivity contribution in [3.8, 4) is 5.75 Å². The van der Waals surface area contributed by atoms with Gasteiger partial charge in [0.05, 0.1) is 6.61 Å². The lowest BCUT2D eigenvalue weighted by molar-refractivity contribution is -0.129. The fourth-order valence-corrected chi connectivity index (χ4v) is 3.03. The highest BCUT2D eigenvalue weighted by molar-refractivity contribution is 6.12. The molecule has 144 valence electrons. The summed E-state index contributed by atoms with van der Waals surface area (Å²) in [6.45, 7) is 2.55. The second-order valence-electron chi connectivity index (χ2n) is 6.82. The molecular weight excluding hydrogens is 362 g/mol. The number of nitrogens with zero attached hydrogens (tertiary/aromatic N) is 1. The topological polar surface area (TPSA) is 47.9 Å². The van der Waals surface area contributed by atoms with Crippen LogP contribution in [0.4, 0.5) is 0 Å². The predicted molar refractivity (Wildman–Crippen MR) is 114 cm³/mol. The molecule has 0 atom stereocenters. The van der Waals surface area contributed by atoms with E-state index in [0.717, 1.165) is 23.1 Å². The molecule has 1 heterocycles. The highest BCUT2D eigenvalue weighted by Gasteiger charge is 2.24. The number of benzene rings is 3. The van der Waals surface area contributed by atoms with Crippen LogP contribution in [0.3, 0.4) is 0 Å². The monoisotopic (exact) mass is 383 g/mol. The maximum absolute atomic E-state index is 12.3. The van der Waals surface area contributed by atoms with E-state index < -0.39 is 5.97 Å². The van der Waals surface area contributed by atoms with Crippen LogP contribution in [0.2, 0.25) is 0 Å². The van der Waals surface area contributed by atoms with E-state index in [1.165, 1.54) is 5.56 Å². The number of rotatable bonds is 6. The zero-order valence-electron chi connectivity index (χ0n) is 16.2. The maximum atomic E-state index is 12.3. The number of cyclic esters (lactones) is 1. The van der Waals surface area contributed by atoms with Gasteiger partial charge in [-0.3, -0.25) is 0 Å². The smallest absolute Gasteiger partial charge is 0.363 e. The van der Waals surface area contributed by atoms with E-state index >= 15 is 0 Å². The lowest BCUT2D eigenvalue weighted by Crippen LogP contribution is -2.05. The van der Waals surface area contributed by atoms with Crippen LogP contribution in [0.25, 0.3) is 6.08 Å². The van der Waals surface area contributed by atoms with Gasteiger partial charge in [-0.2, -0.15) is 0 Å². The number of hydrogen-bond acceptors (Lipinski definition) is 4. The minimum Gasteiger partial charge on any atom is -0.493 e. The quantitative estimate of drug-likeness (QED) is 0.446. The Balaban J connectivity index is 1.51. The maximum Gasteiger partial charge on any atom is 0.363 e. The fraction of sp³-hybridized carbons (Fsp3) is 0.120. The van der Waals surface area contributed by atoms with Crippen LogP contribution in [0.1, 0.15) is 22.3 Å². The van der Waals surface area contributed by atoms with Gasteiger partial charge in [0.2, 0.25) is 5.90 Å². The molecular formula is C25H21NO3. The lowest BCUT2D eigenvalue weighted by atomic mass is 10.1. The summed E-state index contributed by atoms with van der Waals surface area (Å²) in [4.78, 5) is 16.7. The first-order valence-corrected chi connectivity index (χ1v) is 9.54. The molecule has 4 nitrogen and oxygen atoms in total. The molecule has 3 aromatic rings. The third-order valence-electron chi connectivity index (χ3n) is 4.62. The van der Waals surface area contributed by atoms with Crippen molar-refractivity contribution >= 4 is 17.9 Å². The standard InChI is InChI=1S/C25H21NO3/c1-18-11-13-20(14-12-18)24-26-22(25(27)29-24)17-21-9-5-6-10-23(21)28-16-15-19-7-3-2-4-8-19/h2-14,17H,15-16H2,1H3/b22-17-. The predicted octanol–water partition coefficient (Wildman–Crippen LogP) is 4.96. The number of carbonyl (C=O) groups is 1. The van der Waals surface area contributed by atoms with Crippen LogP contribution >= 0.6 is 0 Å². The van der Waals surface area contributed by atoms with Crippen LogP contribution in [0.5, 0.6) is 5.75 Å². The molecule has 0 aromatic heterocycles. The Morgan fingerprint density at radius 2 is 1.66 bits per heavy atom. The third kappa shape index (κ3) is 4.61. The molecule has 0 saturated carbocycles. The van der Waals surface area contributed by atoms with E-state index in [2.05, 4.69) is 17.1 Å². The molecule has 4 rings (SSSR count). The Kier molecular flexibility index (Phi) is 5.52. The van der Waals surface area contributed by atoms with Gasteiger partial charge < -0.3 is 9.47 Å². The van der Waals surface area contributed by atoms with Crippen molar-refractivity contribution in [3.63, 3.8) is 0 Å². The number of aliphatic imine (C=N–C) groups is 1. The van der Waals surface area contributed by atoms with Crippen LogP contribution in [-0.4, -0.2) is 18.5 Å². The number of carbonyl (C=O) groups excluding carboxylic acids is 1. The molecule has 1 aliphatic rings. The Morgan fingerprint density at radius 3 is 2.45 bits per heavy atom. The fourth-order valence-electron chi connectivity index (χ4n) is 3.03. The molecule has 4 heteroatoms. The van der Waals surface area contributed by atoms with Gasteiger partial charge in [0.15, 0.2) is 5.70 Å². The highest BCUT2D eigenvalue weighted by Crippen LogP contribution is 2.25. The average Bonchev–Trinajstić information content (AvgIpc) is 3.11. The average molecular weight is 383 g/mol. The molecule has 0 N–H and O–H groups in total. The summed E-state index contributed by atoms with van der Waals surface area (Å²) in [5, 5.41) is 0. The summed E-state index contributed by atoms with van der Waals surface area (Å²) < 4.78 is 11.3. The van der Waals surface area contributed by atoms with E-state index in [4.69, 9.17) is 9.47 Å². The number of hydrogen-bond donors (Lipinski definition) is 0. The molecule has 0 fully saturated rings. The van der Waals surface area contributed by atoms with E-state index in [1.54, 1.807) is 6.08 Å². The van der Waals surface area contributed by atoms with Crippen LogP contribution < -0.4 is 4.74 Å². The van der Waals surface area contributed by atoms with Crippen molar-refractivity contribution < 1.29 is 14.3 Å². The van der Waals surface area contributed by atoms with E-state index in [1.807, 2.05) is 73.7 Å². The number of esters is 1. The first-order chi connectivity index (χ1) is 14.2. The molecule has 3 aromatic carbocycles. The van der Waals surface area contributed by atoms with Gasteiger partial charge in [0.1, 0.15) is 5.75 Å². The van der Waals surface area contributed by atoms with Gasteiger partial charge in [-0.05, 0) is 36.8 Å². The van der Waals surface area contributed by atoms with Crippen molar-refractivity contribution in [2.24, 2.45) is 4.99 Å². The van der Waals surface area contributed by atoms with Gasteiger partial charge in [-0.1, -0.05) is 66.2 Å². The molecule has 0 radical (unpaired) electrons. The minimum absolute atomic E-state index is 0.264. The van der Waals surface area contributed by atoms with Crippen molar-refractivity contribution in [1.29, 1.82) is 0 Å². The molecule has 0 amide bonds. The normalized spacial score (nSPS) is 14.6. The molecule has 0 spiro atoms. The Labute approximate surface area is 170 Å². The van der Waals surface area contributed by atoms with Gasteiger partial charge in [0.25, 0.3) is 0 Å². The molecule has 0 saturated heterocycles. The van der Waals surface area contributed by atoms with Crippen LogP contribution in [0.15, 0.2) is 89.6 Å². The number of aryl methyl sites for hydroxylation is 1. The van der Waals surface area contributed by atoms with Gasteiger partial charge in [-0.25, -0.2) is 9.79 Å². The first kappa shape index (κ1) is 18.7. The summed E-state index contributed by atoms with van der Waals surface area (Å²) in [5.74, 6) is 0.575. The first-order valence-electron chi connectivity index (χ1n) is 9.54. The van der Waals surface area contributed by atoms with E-state index in [0.29, 0.717) is 18.3 Å². The largest absolute Gasteiger partial charge is 0.493 e. The summed E-state index contributed by atoms with van der Waals surface area (Å²) >= 11 is 0. The zero-order chi connectivity index (χ0) is 20.1. The van der Waals surface area contributed by atoms with Crippen molar-refractivity contribution in [2.45, 2.75) is 13.3 Å². The van der Waals surface area contributed by atoms with Crippen molar-refractivity contribution in [3.05, 3.63) is 107 Å². The van der Waals surface area contributed by atoms with Gasteiger partial charge >= 0.3 is 5.97 Å². The summed E-state index contributed by atoms with van der Waals surface area (Å²) in [6, 6.07) is 25.5. The molecule has 1 aliphatic heterocycles. The SMILES string of the molecule is Cc1ccc(C2=N/C(=C\c3ccccc3OCCc3ccccc3)C(=O)O2)cc1. The van der Waals surface area contributed by atoms with E-state index in [-0.39, 0.29) is 5.70 Å². The number of para-hydroxylation sites is 1. The highest BCUT2D eigenvalue weighted by atomic mass is 16.6. The Hall–Kier alpha value is -3.66. The van der Waals surface area contributed by atoms with Gasteiger partial charge in [0, 0.05) is 17.5 Å². The summed E-state index contributed by atoms with van der Waals surface area (Å²) in [6.07, 6.45) is 2.52. The van der Waals surface area contributed by atoms with Gasteiger partial charge in [-0.15, -0.1) is 0 Å². The molecule has 29 heavy (non-hydrogen) atoms. The van der Waals surface area contributed by atoms with Crippen LogP contribution in [0, 0.1) is 6.92 Å². The Morgan fingerprint density at radius 1 is 0.931 bits per heavy atom. The summed E-state index contributed by atoms with van der Waals surface area (Å²) in [7, 11) is 0. The molecule has 0 unspecified atom stereocenters. The van der Waals surface area contributed by atoms with E-state index in [9.17, 15) is 4.79 Å². The zero-order valence-corrected chi connectivity index (χ0v) is 16.2. The minimum atomic E-state index is -0.459. The van der Waals surface area contributed by atoms with Crippen LogP contribution in [-0.2, 0) is 16.0 Å². The number of ether oxygens (including phenoxy) is 2. The second kappa shape index (κ2) is 8.57. The van der Waals surface area contributed by atoms with Crippen molar-refractivity contribution in [1.82, 2.24) is 0 Å². The molecule has 0 aliphatic carbocycles. The third-order valence-corrected chi connectivity index (χ3v) is 4.62. The summed E-state index contributed by atoms with van der Waals surface area (Å²) in [5.41, 5.74) is 4.19. The second-order valence-corrected chi connectivity index (χ2v) is 6.82. The molecule has 0 bridgehead atoms.